The predicted molar refractivity (Wildman–Crippen MR) is 102 cm³/mol. The fraction of sp³-hybridized carbons (Fsp3) is 0.526. The number of anilines is 1. The van der Waals surface area contributed by atoms with Gasteiger partial charge in [-0.15, -0.1) is 0 Å². The molecule has 1 aliphatic rings. The topological polar surface area (TPSA) is 60.9 Å². The number of carbonyl (C=O) groups is 3. The second-order valence-corrected chi connectivity index (χ2v) is 7.35. The van der Waals surface area contributed by atoms with Crippen molar-refractivity contribution in [1.82, 2.24) is 9.80 Å². The molecule has 142 valence electrons. The first-order valence-electron chi connectivity index (χ1n) is 8.85. The van der Waals surface area contributed by atoms with Crippen molar-refractivity contribution in [1.29, 1.82) is 0 Å². The average molecular weight is 380 g/mol. The van der Waals surface area contributed by atoms with Crippen LogP contribution in [0.15, 0.2) is 18.2 Å². The summed E-state index contributed by atoms with van der Waals surface area (Å²) in [5.41, 5.74) is 1.51. The van der Waals surface area contributed by atoms with E-state index in [-0.39, 0.29) is 43.4 Å². The second-order valence-electron chi connectivity index (χ2n) is 6.94. The fourth-order valence-corrected chi connectivity index (χ4v) is 3.10. The summed E-state index contributed by atoms with van der Waals surface area (Å²) in [6.07, 6.45) is 0.411. The zero-order valence-corrected chi connectivity index (χ0v) is 16.5. The van der Waals surface area contributed by atoms with Crippen LogP contribution in [0.1, 0.15) is 32.8 Å². The Hall–Kier alpha value is -2.08. The van der Waals surface area contributed by atoms with Crippen molar-refractivity contribution in [3.8, 4) is 0 Å². The molecule has 0 radical (unpaired) electrons. The molecule has 0 spiro atoms. The molecule has 0 unspecified atom stereocenters. The van der Waals surface area contributed by atoms with Gasteiger partial charge in [-0.05, 0) is 37.5 Å². The third kappa shape index (κ3) is 4.55. The molecule has 0 aromatic heterocycles. The van der Waals surface area contributed by atoms with Gasteiger partial charge in [0.05, 0.1) is 6.54 Å². The van der Waals surface area contributed by atoms with Crippen LogP contribution < -0.4 is 4.90 Å². The van der Waals surface area contributed by atoms with Crippen LogP contribution in [0, 0.1) is 12.8 Å². The molecule has 0 aliphatic carbocycles. The molecule has 1 aromatic carbocycles. The van der Waals surface area contributed by atoms with E-state index < -0.39 is 0 Å². The molecule has 2 rings (SSSR count). The first kappa shape index (κ1) is 20.2. The molecule has 0 bridgehead atoms. The van der Waals surface area contributed by atoms with E-state index in [9.17, 15) is 14.4 Å². The molecule has 1 aliphatic heterocycles. The minimum Gasteiger partial charge on any atom is -0.334 e. The largest absolute Gasteiger partial charge is 0.334 e. The van der Waals surface area contributed by atoms with E-state index in [2.05, 4.69) is 0 Å². The van der Waals surface area contributed by atoms with Crippen molar-refractivity contribution in [2.45, 2.75) is 34.1 Å². The van der Waals surface area contributed by atoms with E-state index in [1.165, 1.54) is 4.90 Å². The minimum atomic E-state index is -0.223. The SMILES string of the molecule is CCN(CC(=O)N1CC(=O)N(c2cccc(Cl)c2C)C1)C(=O)CC(C)C. The van der Waals surface area contributed by atoms with Gasteiger partial charge in [-0.1, -0.05) is 31.5 Å². The third-order valence-corrected chi connectivity index (χ3v) is 4.87. The Morgan fingerprint density at radius 2 is 2.00 bits per heavy atom. The Morgan fingerprint density at radius 3 is 2.62 bits per heavy atom. The van der Waals surface area contributed by atoms with Gasteiger partial charge in [0.1, 0.15) is 13.2 Å². The summed E-state index contributed by atoms with van der Waals surface area (Å²) in [5, 5.41) is 0.580. The maximum absolute atomic E-state index is 12.6. The van der Waals surface area contributed by atoms with Gasteiger partial charge >= 0.3 is 0 Å². The highest BCUT2D eigenvalue weighted by Gasteiger charge is 2.33. The van der Waals surface area contributed by atoms with Crippen LogP contribution in [0.5, 0.6) is 0 Å². The lowest BCUT2D eigenvalue weighted by Gasteiger charge is -2.25. The minimum absolute atomic E-state index is 0.00228. The van der Waals surface area contributed by atoms with E-state index >= 15 is 0 Å². The molecule has 26 heavy (non-hydrogen) atoms. The number of carbonyl (C=O) groups excluding carboxylic acids is 3. The number of amides is 3. The van der Waals surface area contributed by atoms with Crippen LogP contribution in [-0.4, -0.2) is 53.8 Å². The molecule has 0 atom stereocenters. The van der Waals surface area contributed by atoms with E-state index in [0.717, 1.165) is 5.56 Å². The van der Waals surface area contributed by atoms with Gasteiger partial charge in [0.15, 0.2) is 0 Å². The third-order valence-electron chi connectivity index (χ3n) is 4.47. The Kier molecular flexibility index (Phi) is 6.64. The van der Waals surface area contributed by atoms with Crippen LogP contribution >= 0.6 is 11.6 Å². The Balaban J connectivity index is 2.06. The van der Waals surface area contributed by atoms with Gasteiger partial charge in [-0.3, -0.25) is 19.3 Å². The van der Waals surface area contributed by atoms with Crippen molar-refractivity contribution in [3.63, 3.8) is 0 Å². The molecule has 6 nitrogen and oxygen atoms in total. The van der Waals surface area contributed by atoms with Gasteiger partial charge in [-0.2, -0.15) is 0 Å². The number of likely N-dealkylation sites (N-methyl/N-ethyl adjacent to an activating group) is 1. The smallest absolute Gasteiger partial charge is 0.248 e. The maximum atomic E-state index is 12.6. The first-order chi connectivity index (χ1) is 12.2. The highest BCUT2D eigenvalue weighted by atomic mass is 35.5. The normalized spacial score (nSPS) is 14.3. The molecular formula is C19H26ClN3O3. The summed E-state index contributed by atoms with van der Waals surface area (Å²) in [4.78, 5) is 41.8. The lowest BCUT2D eigenvalue weighted by atomic mass is 10.1. The molecule has 1 saturated heterocycles. The van der Waals surface area contributed by atoms with Gasteiger partial charge in [-0.25, -0.2) is 0 Å². The lowest BCUT2D eigenvalue weighted by Crippen LogP contribution is -2.43. The molecule has 1 aromatic rings. The van der Waals surface area contributed by atoms with Gasteiger partial charge in [0, 0.05) is 23.7 Å². The summed E-state index contributed by atoms with van der Waals surface area (Å²) < 4.78 is 0. The van der Waals surface area contributed by atoms with Crippen LogP contribution in [0.25, 0.3) is 0 Å². The molecule has 3 amide bonds. The summed E-state index contributed by atoms with van der Waals surface area (Å²) in [6.45, 7) is 8.29. The lowest BCUT2D eigenvalue weighted by molar-refractivity contribution is -0.140. The number of halogens is 1. The van der Waals surface area contributed by atoms with Crippen LogP contribution in [0.3, 0.4) is 0 Å². The van der Waals surface area contributed by atoms with E-state index in [0.29, 0.717) is 23.7 Å². The van der Waals surface area contributed by atoms with Gasteiger partial charge < -0.3 is 9.80 Å². The predicted octanol–water partition coefficient (Wildman–Crippen LogP) is 2.68. The highest BCUT2D eigenvalue weighted by Crippen LogP contribution is 2.28. The molecular weight excluding hydrogens is 354 g/mol. The van der Waals surface area contributed by atoms with E-state index in [1.54, 1.807) is 21.9 Å². The Morgan fingerprint density at radius 1 is 1.31 bits per heavy atom. The summed E-state index contributed by atoms with van der Waals surface area (Å²) in [6, 6.07) is 5.37. The van der Waals surface area contributed by atoms with Crippen molar-refractivity contribution < 1.29 is 14.4 Å². The Bertz CT molecular complexity index is 705. The van der Waals surface area contributed by atoms with Crippen molar-refractivity contribution in [2.24, 2.45) is 5.92 Å². The average Bonchev–Trinajstić information content (AvgIpc) is 2.96. The molecule has 1 heterocycles. The van der Waals surface area contributed by atoms with Crippen molar-refractivity contribution >= 4 is 35.0 Å². The van der Waals surface area contributed by atoms with Crippen molar-refractivity contribution in [3.05, 3.63) is 28.8 Å². The molecule has 0 saturated carbocycles. The van der Waals surface area contributed by atoms with Crippen LogP contribution in [-0.2, 0) is 14.4 Å². The summed E-state index contributed by atoms with van der Waals surface area (Å²) in [7, 11) is 0. The number of nitrogens with zero attached hydrogens (tertiary/aromatic N) is 3. The number of hydrogen-bond acceptors (Lipinski definition) is 3. The summed E-state index contributed by atoms with van der Waals surface area (Å²) >= 11 is 6.14. The Labute approximate surface area is 159 Å². The quantitative estimate of drug-likeness (QED) is 0.763. The van der Waals surface area contributed by atoms with E-state index in [4.69, 9.17) is 11.6 Å². The zero-order valence-electron chi connectivity index (χ0n) is 15.8. The van der Waals surface area contributed by atoms with Crippen LogP contribution in [0.4, 0.5) is 5.69 Å². The monoisotopic (exact) mass is 379 g/mol. The van der Waals surface area contributed by atoms with Crippen LogP contribution in [0.2, 0.25) is 5.02 Å². The number of rotatable bonds is 6. The number of hydrogen-bond donors (Lipinski definition) is 0. The second kappa shape index (κ2) is 8.54. The van der Waals surface area contributed by atoms with Gasteiger partial charge in [0.25, 0.3) is 0 Å². The fourth-order valence-electron chi connectivity index (χ4n) is 2.93. The standard InChI is InChI=1S/C19H26ClN3O3/c1-5-21(17(24)9-13(2)3)10-18(25)22-11-19(26)23(12-22)16-8-6-7-15(20)14(16)4/h6-8,13H,5,9-12H2,1-4H3. The van der Waals surface area contributed by atoms with E-state index in [1.807, 2.05) is 33.8 Å². The summed E-state index contributed by atoms with van der Waals surface area (Å²) in [5.74, 6) is -0.176. The zero-order chi connectivity index (χ0) is 19.4. The molecule has 7 heteroatoms. The number of benzene rings is 1. The van der Waals surface area contributed by atoms with Crippen molar-refractivity contribution in [2.75, 3.05) is 31.2 Å². The molecule has 1 fully saturated rings. The highest BCUT2D eigenvalue weighted by molar-refractivity contribution is 6.31. The molecule has 0 N–H and O–H groups in total. The maximum Gasteiger partial charge on any atom is 0.248 e. The van der Waals surface area contributed by atoms with Gasteiger partial charge in [0.2, 0.25) is 17.7 Å². The first-order valence-corrected chi connectivity index (χ1v) is 9.23.